The average Bonchev–Trinajstić information content (AvgIpc) is 2.75. The van der Waals surface area contributed by atoms with Crippen molar-refractivity contribution >= 4 is 0 Å². The van der Waals surface area contributed by atoms with Gasteiger partial charge in [-0.3, -0.25) is 0 Å². The molecule has 1 unspecified atom stereocenters. The molecule has 0 spiro atoms. The van der Waals surface area contributed by atoms with E-state index in [1.54, 1.807) is 7.11 Å². The van der Waals surface area contributed by atoms with E-state index in [4.69, 9.17) is 4.74 Å². The maximum Gasteiger partial charge on any atom is 0.122 e. The largest absolute Gasteiger partial charge is 0.389 e. The number of ether oxygens (including phenoxy) is 1. The van der Waals surface area contributed by atoms with Crippen LogP contribution in [0.4, 0.5) is 0 Å². The van der Waals surface area contributed by atoms with E-state index in [-0.39, 0.29) is 0 Å². The number of nitrogens with one attached hydrogen (secondary N) is 1. The van der Waals surface area contributed by atoms with Crippen molar-refractivity contribution in [3.8, 4) is 0 Å². The lowest BCUT2D eigenvalue weighted by atomic mass is 10.0. The summed E-state index contributed by atoms with van der Waals surface area (Å²) in [5.74, 6) is 1.01. The Hall–Kier alpha value is -0.910. The van der Waals surface area contributed by atoms with Gasteiger partial charge in [-0.1, -0.05) is 6.92 Å². The summed E-state index contributed by atoms with van der Waals surface area (Å²) in [6, 6.07) is 0. The second-order valence-corrected chi connectivity index (χ2v) is 4.88. The van der Waals surface area contributed by atoms with Crippen molar-refractivity contribution in [2.45, 2.75) is 45.4 Å². The number of imidazole rings is 1. The molecule has 1 heterocycles. The summed E-state index contributed by atoms with van der Waals surface area (Å²) in [4.78, 5) is 4.31. The molecule has 5 nitrogen and oxygen atoms in total. The van der Waals surface area contributed by atoms with Gasteiger partial charge in [0, 0.05) is 45.6 Å². The number of methoxy groups -OCH3 is 1. The predicted octanol–water partition coefficient (Wildman–Crippen LogP) is 1.17. The predicted molar refractivity (Wildman–Crippen MR) is 71.3 cm³/mol. The van der Waals surface area contributed by atoms with Gasteiger partial charge in [-0.25, -0.2) is 4.98 Å². The number of aromatic nitrogens is 2. The molecule has 18 heavy (non-hydrogen) atoms. The molecule has 0 saturated carbocycles. The van der Waals surface area contributed by atoms with E-state index < -0.39 is 5.60 Å². The fourth-order valence-corrected chi connectivity index (χ4v) is 1.81. The van der Waals surface area contributed by atoms with Gasteiger partial charge in [0.25, 0.3) is 0 Å². The lowest BCUT2D eigenvalue weighted by molar-refractivity contribution is 0.0246. The maximum absolute atomic E-state index is 10.1. The molecule has 0 saturated heterocycles. The van der Waals surface area contributed by atoms with E-state index in [1.807, 2.05) is 19.3 Å². The minimum atomic E-state index is -0.738. The van der Waals surface area contributed by atoms with E-state index in [0.717, 1.165) is 18.8 Å². The van der Waals surface area contributed by atoms with Gasteiger partial charge < -0.3 is 19.7 Å². The van der Waals surface area contributed by atoms with Crippen molar-refractivity contribution < 1.29 is 9.84 Å². The summed E-state index contributed by atoms with van der Waals surface area (Å²) < 4.78 is 7.11. The van der Waals surface area contributed by atoms with E-state index in [2.05, 4.69) is 21.8 Å². The highest BCUT2D eigenvalue weighted by atomic mass is 16.5. The molecule has 1 atom stereocenters. The molecule has 0 bridgehead atoms. The molecule has 0 aliphatic rings. The van der Waals surface area contributed by atoms with Gasteiger partial charge in [0.1, 0.15) is 5.82 Å². The summed E-state index contributed by atoms with van der Waals surface area (Å²) in [5.41, 5.74) is -0.738. The van der Waals surface area contributed by atoms with Crippen LogP contribution in [-0.4, -0.2) is 40.5 Å². The zero-order valence-corrected chi connectivity index (χ0v) is 11.6. The molecule has 0 amide bonds. The Balaban J connectivity index is 2.34. The number of aliphatic hydroxyl groups is 1. The number of rotatable bonds is 9. The molecule has 1 aromatic heterocycles. The van der Waals surface area contributed by atoms with Crippen LogP contribution in [0, 0.1) is 0 Å². The maximum atomic E-state index is 10.1. The highest BCUT2D eigenvalue weighted by Crippen LogP contribution is 2.08. The van der Waals surface area contributed by atoms with E-state index in [9.17, 15) is 5.11 Å². The van der Waals surface area contributed by atoms with Crippen LogP contribution in [0.1, 0.15) is 32.5 Å². The summed E-state index contributed by atoms with van der Waals surface area (Å²) in [6.07, 6.45) is 5.52. The Bertz CT molecular complexity index is 337. The lowest BCUT2D eigenvalue weighted by Crippen LogP contribution is -2.38. The fourth-order valence-electron chi connectivity index (χ4n) is 1.81. The molecule has 0 radical (unpaired) electrons. The van der Waals surface area contributed by atoms with Gasteiger partial charge in [0.15, 0.2) is 0 Å². The number of nitrogens with zero attached hydrogens (tertiary/aromatic N) is 2. The van der Waals surface area contributed by atoms with Crippen molar-refractivity contribution in [1.82, 2.24) is 14.9 Å². The molecule has 5 heteroatoms. The molecular formula is C13H25N3O2. The van der Waals surface area contributed by atoms with Gasteiger partial charge in [-0.05, 0) is 13.3 Å². The zero-order valence-electron chi connectivity index (χ0n) is 11.6. The molecule has 104 valence electrons. The fraction of sp³-hybridized carbons (Fsp3) is 0.769. The first-order valence-corrected chi connectivity index (χ1v) is 6.51. The highest BCUT2D eigenvalue weighted by molar-refractivity contribution is 4.92. The standard InChI is InChI=1S/C13H25N3O2/c1-4-7-16-8-6-15-12(16)10-14-11-13(2,17)5-9-18-3/h6,8,14,17H,4-5,7,9-11H2,1-3H3. The first-order valence-electron chi connectivity index (χ1n) is 6.51. The van der Waals surface area contributed by atoms with Crippen LogP contribution in [0.25, 0.3) is 0 Å². The molecule has 0 aromatic carbocycles. The SMILES string of the molecule is CCCn1ccnc1CNCC(C)(O)CCOC. The number of hydrogen-bond acceptors (Lipinski definition) is 4. The minimum Gasteiger partial charge on any atom is -0.389 e. The third-order valence-corrected chi connectivity index (χ3v) is 2.90. The third kappa shape index (κ3) is 5.16. The van der Waals surface area contributed by atoms with Crippen LogP contribution < -0.4 is 5.32 Å². The van der Waals surface area contributed by atoms with Gasteiger partial charge in [0.05, 0.1) is 12.1 Å². The van der Waals surface area contributed by atoms with Crippen LogP contribution in [-0.2, 0) is 17.8 Å². The van der Waals surface area contributed by atoms with Gasteiger partial charge in [-0.15, -0.1) is 0 Å². The Morgan fingerprint density at radius 1 is 1.56 bits per heavy atom. The first kappa shape index (κ1) is 15.1. The van der Waals surface area contributed by atoms with Crippen molar-refractivity contribution in [2.75, 3.05) is 20.3 Å². The third-order valence-electron chi connectivity index (χ3n) is 2.90. The van der Waals surface area contributed by atoms with E-state index in [0.29, 0.717) is 26.1 Å². The smallest absolute Gasteiger partial charge is 0.122 e. The molecule has 0 fully saturated rings. The Kier molecular flexibility index (Phi) is 6.32. The Labute approximate surface area is 109 Å². The summed E-state index contributed by atoms with van der Waals surface area (Å²) in [6.45, 7) is 6.73. The second-order valence-electron chi connectivity index (χ2n) is 4.88. The molecule has 0 aliphatic heterocycles. The highest BCUT2D eigenvalue weighted by Gasteiger charge is 2.19. The molecule has 0 aliphatic carbocycles. The van der Waals surface area contributed by atoms with Gasteiger partial charge in [0.2, 0.25) is 0 Å². The van der Waals surface area contributed by atoms with Crippen LogP contribution in [0.5, 0.6) is 0 Å². The second kappa shape index (κ2) is 7.51. The first-order chi connectivity index (χ1) is 8.59. The summed E-state index contributed by atoms with van der Waals surface area (Å²) in [7, 11) is 1.64. The van der Waals surface area contributed by atoms with Crippen LogP contribution in [0.3, 0.4) is 0 Å². The monoisotopic (exact) mass is 255 g/mol. The average molecular weight is 255 g/mol. The van der Waals surface area contributed by atoms with E-state index >= 15 is 0 Å². The van der Waals surface area contributed by atoms with Crippen molar-refractivity contribution in [3.63, 3.8) is 0 Å². The lowest BCUT2D eigenvalue weighted by Gasteiger charge is -2.23. The van der Waals surface area contributed by atoms with Crippen LogP contribution in [0.15, 0.2) is 12.4 Å². The topological polar surface area (TPSA) is 59.3 Å². The molecule has 1 aromatic rings. The number of hydrogen-bond donors (Lipinski definition) is 2. The quantitative estimate of drug-likeness (QED) is 0.695. The summed E-state index contributed by atoms with van der Waals surface area (Å²) in [5, 5.41) is 13.3. The van der Waals surface area contributed by atoms with Gasteiger partial charge >= 0.3 is 0 Å². The van der Waals surface area contributed by atoms with Crippen molar-refractivity contribution in [1.29, 1.82) is 0 Å². The Morgan fingerprint density at radius 3 is 3.00 bits per heavy atom. The van der Waals surface area contributed by atoms with Crippen LogP contribution >= 0.6 is 0 Å². The van der Waals surface area contributed by atoms with Crippen molar-refractivity contribution in [3.05, 3.63) is 18.2 Å². The molecule has 1 rings (SSSR count). The summed E-state index contributed by atoms with van der Waals surface area (Å²) >= 11 is 0. The molecule has 2 N–H and O–H groups in total. The Morgan fingerprint density at radius 2 is 2.33 bits per heavy atom. The van der Waals surface area contributed by atoms with Gasteiger partial charge in [-0.2, -0.15) is 0 Å². The molecular weight excluding hydrogens is 230 g/mol. The van der Waals surface area contributed by atoms with Crippen LogP contribution in [0.2, 0.25) is 0 Å². The normalized spacial score (nSPS) is 14.7. The van der Waals surface area contributed by atoms with Crippen molar-refractivity contribution in [2.24, 2.45) is 0 Å². The zero-order chi connectivity index (χ0) is 13.4. The number of aryl methyl sites for hydroxylation is 1. The van der Waals surface area contributed by atoms with E-state index in [1.165, 1.54) is 0 Å². The minimum absolute atomic E-state index is 0.537.